The molecule has 2 aromatic carbocycles. The van der Waals surface area contributed by atoms with Crippen molar-refractivity contribution in [1.82, 2.24) is 4.57 Å². The highest BCUT2D eigenvalue weighted by atomic mass is 35.5. The van der Waals surface area contributed by atoms with Crippen molar-refractivity contribution in [1.29, 1.82) is 5.26 Å². The molecular weight excluding hydrogens is 416 g/mol. The van der Waals surface area contributed by atoms with Crippen LogP contribution in [0.5, 0.6) is 11.5 Å². The van der Waals surface area contributed by atoms with Gasteiger partial charge in [0.15, 0.2) is 0 Å². The first-order valence-electron chi connectivity index (χ1n) is 9.36. The molecule has 4 aromatic rings. The normalized spacial score (nSPS) is 11.4. The molecule has 0 aliphatic heterocycles. The molecule has 150 valence electrons. The van der Waals surface area contributed by atoms with Crippen molar-refractivity contribution in [2.45, 2.75) is 19.3 Å². The fourth-order valence-electron chi connectivity index (χ4n) is 3.29. The van der Waals surface area contributed by atoms with Crippen LogP contribution in [0.15, 0.2) is 64.9 Å². The summed E-state index contributed by atoms with van der Waals surface area (Å²) in [4.78, 5) is 12.5. The van der Waals surface area contributed by atoms with Crippen LogP contribution in [0.25, 0.3) is 21.2 Å². The van der Waals surface area contributed by atoms with Crippen LogP contribution < -0.4 is 10.3 Å². The second-order valence-corrected chi connectivity index (χ2v) is 8.98. The molecule has 0 radical (unpaired) electrons. The Balaban J connectivity index is 1.96. The standard InChI is InChI=1S/C24H19ClN2O2S/c1-24(2,14-26)15-4-9-21(29-17-7-5-16(25)6-8-17)19(12-15)20-13-27(3)23(28)18-10-11-30-22(18)20/h4-13H,1-3H3. The van der Waals surface area contributed by atoms with Gasteiger partial charge in [-0.05, 0) is 67.3 Å². The summed E-state index contributed by atoms with van der Waals surface area (Å²) in [6.45, 7) is 3.76. The highest BCUT2D eigenvalue weighted by molar-refractivity contribution is 7.17. The number of nitriles is 1. The Morgan fingerprint density at radius 2 is 1.83 bits per heavy atom. The van der Waals surface area contributed by atoms with E-state index in [1.54, 1.807) is 35.9 Å². The summed E-state index contributed by atoms with van der Waals surface area (Å²) in [6, 6.07) is 17.1. The molecule has 6 heteroatoms. The number of fused-ring (bicyclic) bond motifs is 1. The summed E-state index contributed by atoms with van der Waals surface area (Å²) < 4.78 is 8.67. The van der Waals surface area contributed by atoms with Crippen molar-refractivity contribution >= 4 is 33.0 Å². The van der Waals surface area contributed by atoms with Gasteiger partial charge in [-0.1, -0.05) is 17.7 Å². The quantitative estimate of drug-likeness (QED) is 0.367. The number of pyridine rings is 1. The highest BCUT2D eigenvalue weighted by Gasteiger charge is 2.23. The maximum atomic E-state index is 12.5. The summed E-state index contributed by atoms with van der Waals surface area (Å²) in [5.41, 5.74) is 1.89. The van der Waals surface area contributed by atoms with Crippen molar-refractivity contribution in [3.8, 4) is 28.7 Å². The predicted octanol–water partition coefficient (Wildman–Crippen LogP) is 6.51. The van der Waals surface area contributed by atoms with E-state index in [1.807, 2.05) is 49.7 Å². The lowest BCUT2D eigenvalue weighted by molar-refractivity contribution is 0.484. The topological polar surface area (TPSA) is 55.0 Å². The maximum Gasteiger partial charge on any atom is 0.259 e. The van der Waals surface area contributed by atoms with Gasteiger partial charge in [-0.25, -0.2) is 0 Å². The van der Waals surface area contributed by atoms with Gasteiger partial charge in [0.25, 0.3) is 5.56 Å². The van der Waals surface area contributed by atoms with Crippen LogP contribution in [-0.4, -0.2) is 4.57 Å². The van der Waals surface area contributed by atoms with Crippen LogP contribution >= 0.6 is 22.9 Å². The molecule has 30 heavy (non-hydrogen) atoms. The molecular formula is C24H19ClN2O2S. The van der Waals surface area contributed by atoms with Gasteiger partial charge in [0.2, 0.25) is 0 Å². The SMILES string of the molecule is Cn1cc(-c2cc(C(C)(C)C#N)ccc2Oc2ccc(Cl)cc2)c2sccc2c1=O. The summed E-state index contributed by atoms with van der Waals surface area (Å²) in [5, 5.41) is 12.8. The molecule has 0 bridgehead atoms. The van der Waals surface area contributed by atoms with Crippen molar-refractivity contribution in [2.75, 3.05) is 0 Å². The van der Waals surface area contributed by atoms with Gasteiger partial charge in [0, 0.05) is 34.1 Å². The Hall–Kier alpha value is -3.07. The fourth-order valence-corrected chi connectivity index (χ4v) is 4.33. The smallest absolute Gasteiger partial charge is 0.259 e. The lowest BCUT2D eigenvalue weighted by Crippen LogP contribution is -2.16. The van der Waals surface area contributed by atoms with Crippen LogP contribution in [0.1, 0.15) is 19.4 Å². The zero-order valence-corrected chi connectivity index (χ0v) is 18.3. The molecule has 0 aliphatic rings. The zero-order chi connectivity index (χ0) is 21.5. The number of hydrogen-bond acceptors (Lipinski definition) is 4. The number of benzene rings is 2. The minimum Gasteiger partial charge on any atom is -0.457 e. The van der Waals surface area contributed by atoms with E-state index in [9.17, 15) is 10.1 Å². The second-order valence-electron chi connectivity index (χ2n) is 7.63. The number of halogens is 1. The molecule has 4 nitrogen and oxygen atoms in total. The van der Waals surface area contributed by atoms with Crippen molar-refractivity contribution in [3.63, 3.8) is 0 Å². The molecule has 0 aliphatic carbocycles. The minimum atomic E-state index is -0.664. The molecule has 0 spiro atoms. The third-order valence-electron chi connectivity index (χ3n) is 5.10. The van der Waals surface area contributed by atoms with E-state index in [4.69, 9.17) is 16.3 Å². The molecule has 0 unspecified atom stereocenters. The summed E-state index contributed by atoms with van der Waals surface area (Å²) in [6.07, 6.45) is 1.83. The van der Waals surface area contributed by atoms with E-state index in [-0.39, 0.29) is 5.56 Å². The first-order valence-corrected chi connectivity index (χ1v) is 10.6. The van der Waals surface area contributed by atoms with Crippen molar-refractivity contribution in [2.24, 2.45) is 7.05 Å². The van der Waals surface area contributed by atoms with E-state index >= 15 is 0 Å². The average molecular weight is 435 g/mol. The Morgan fingerprint density at radius 1 is 1.10 bits per heavy atom. The highest BCUT2D eigenvalue weighted by Crippen LogP contribution is 2.40. The fraction of sp³-hybridized carbons (Fsp3) is 0.167. The minimum absolute atomic E-state index is 0.0383. The molecule has 2 heterocycles. The summed E-state index contributed by atoms with van der Waals surface area (Å²) in [7, 11) is 1.74. The van der Waals surface area contributed by atoms with Crippen molar-refractivity contribution in [3.05, 3.63) is 81.0 Å². The molecule has 0 fully saturated rings. The monoisotopic (exact) mass is 434 g/mol. The van der Waals surface area contributed by atoms with Crippen LogP contribution in [-0.2, 0) is 12.5 Å². The Kier molecular flexibility index (Phi) is 5.15. The van der Waals surface area contributed by atoms with Gasteiger partial charge in [0.1, 0.15) is 11.5 Å². The van der Waals surface area contributed by atoms with E-state index < -0.39 is 5.41 Å². The number of rotatable bonds is 4. The van der Waals surface area contributed by atoms with Crippen LogP contribution in [0.3, 0.4) is 0 Å². The third-order valence-corrected chi connectivity index (χ3v) is 6.30. The first kappa shape index (κ1) is 20.2. The number of hydrogen-bond donors (Lipinski definition) is 0. The number of aryl methyl sites for hydroxylation is 1. The summed E-state index contributed by atoms with van der Waals surface area (Å²) in [5.74, 6) is 1.29. The predicted molar refractivity (Wildman–Crippen MR) is 123 cm³/mol. The number of thiophene rings is 1. The number of aromatic nitrogens is 1. The van der Waals surface area contributed by atoms with E-state index in [0.717, 1.165) is 21.4 Å². The largest absolute Gasteiger partial charge is 0.457 e. The zero-order valence-electron chi connectivity index (χ0n) is 16.8. The Labute approximate surface area is 183 Å². The molecule has 4 rings (SSSR count). The van der Waals surface area contributed by atoms with E-state index in [1.165, 1.54) is 11.3 Å². The van der Waals surface area contributed by atoms with Gasteiger partial charge >= 0.3 is 0 Å². The van der Waals surface area contributed by atoms with Gasteiger partial charge in [-0.3, -0.25) is 4.79 Å². The maximum absolute atomic E-state index is 12.5. The van der Waals surface area contributed by atoms with Crippen LogP contribution in [0, 0.1) is 11.3 Å². The average Bonchev–Trinajstić information content (AvgIpc) is 3.23. The van der Waals surface area contributed by atoms with Crippen molar-refractivity contribution < 1.29 is 4.74 Å². The Bertz CT molecular complexity index is 1340. The van der Waals surface area contributed by atoms with E-state index in [0.29, 0.717) is 21.9 Å². The van der Waals surface area contributed by atoms with E-state index in [2.05, 4.69) is 6.07 Å². The third kappa shape index (κ3) is 3.60. The van der Waals surface area contributed by atoms with Gasteiger partial charge in [-0.2, -0.15) is 5.26 Å². The molecule has 0 amide bonds. The first-order chi connectivity index (χ1) is 14.3. The molecule has 2 aromatic heterocycles. The summed E-state index contributed by atoms with van der Waals surface area (Å²) >= 11 is 7.51. The number of ether oxygens (including phenoxy) is 1. The molecule has 0 atom stereocenters. The van der Waals surface area contributed by atoms with Crippen LogP contribution in [0.2, 0.25) is 5.02 Å². The number of nitrogens with zero attached hydrogens (tertiary/aromatic N) is 2. The lowest BCUT2D eigenvalue weighted by atomic mass is 9.84. The van der Waals surface area contributed by atoms with Crippen LogP contribution in [0.4, 0.5) is 0 Å². The molecule has 0 N–H and O–H groups in total. The van der Waals surface area contributed by atoms with Gasteiger partial charge in [0.05, 0.1) is 16.9 Å². The lowest BCUT2D eigenvalue weighted by Gasteiger charge is -2.20. The molecule has 0 saturated heterocycles. The molecule has 0 saturated carbocycles. The Morgan fingerprint density at radius 3 is 2.53 bits per heavy atom. The van der Waals surface area contributed by atoms with Gasteiger partial charge < -0.3 is 9.30 Å². The van der Waals surface area contributed by atoms with Gasteiger partial charge in [-0.15, -0.1) is 11.3 Å². The second kappa shape index (κ2) is 7.64.